The molecule has 3 amide bonds. The lowest BCUT2D eigenvalue weighted by molar-refractivity contribution is -0.137. The summed E-state index contributed by atoms with van der Waals surface area (Å²) in [7, 11) is 1.73. The van der Waals surface area contributed by atoms with E-state index in [1.807, 2.05) is 30.3 Å². The highest BCUT2D eigenvalue weighted by Crippen LogP contribution is 2.45. The molecule has 9 nitrogen and oxygen atoms in total. The molecule has 0 spiro atoms. The van der Waals surface area contributed by atoms with E-state index in [1.165, 1.54) is 35.1 Å². The molecule has 4 aromatic rings. The normalized spacial score (nSPS) is 19.4. The molecule has 13 heteroatoms. The predicted octanol–water partition coefficient (Wildman–Crippen LogP) is 7.27. The van der Waals surface area contributed by atoms with Crippen molar-refractivity contribution < 1.29 is 36.7 Å². The van der Waals surface area contributed by atoms with Crippen molar-refractivity contribution in [2.75, 3.05) is 23.8 Å². The van der Waals surface area contributed by atoms with Crippen LogP contribution in [0.5, 0.6) is 0 Å². The molecule has 0 radical (unpaired) electrons. The Morgan fingerprint density at radius 2 is 1.73 bits per heavy atom. The van der Waals surface area contributed by atoms with Crippen molar-refractivity contribution in [1.82, 2.24) is 9.80 Å². The smallest absolute Gasteiger partial charge is 0.416 e. The minimum absolute atomic E-state index is 0.115. The molecule has 1 aromatic heterocycles. The summed E-state index contributed by atoms with van der Waals surface area (Å²) in [5.74, 6) is 0.0528. The third-order valence-electron chi connectivity index (χ3n) is 8.35. The highest BCUT2D eigenvalue weighted by atomic mass is 32.2. The Labute approximate surface area is 279 Å². The topological polar surface area (TPSA) is 95.3 Å². The average molecular weight is 679 g/mol. The first-order valence-electron chi connectivity index (χ1n) is 15.3. The number of furan rings is 1. The van der Waals surface area contributed by atoms with Crippen molar-refractivity contribution in [1.29, 1.82) is 0 Å². The van der Waals surface area contributed by atoms with Crippen LogP contribution in [0.15, 0.2) is 102 Å². The lowest BCUT2D eigenvalue weighted by atomic mass is 10.1. The van der Waals surface area contributed by atoms with E-state index < -0.39 is 34.6 Å². The van der Waals surface area contributed by atoms with E-state index in [1.54, 1.807) is 53.2 Å². The van der Waals surface area contributed by atoms with Crippen LogP contribution in [0.2, 0.25) is 0 Å². The number of carbonyl (C=O) groups excluding carboxylic acids is 3. The molecule has 2 saturated heterocycles. The third kappa shape index (κ3) is 7.30. The highest BCUT2D eigenvalue weighted by Gasteiger charge is 2.44. The molecule has 3 aromatic carbocycles. The van der Waals surface area contributed by atoms with Crippen molar-refractivity contribution in [2.24, 2.45) is 0 Å². The molecule has 3 atom stereocenters. The summed E-state index contributed by atoms with van der Waals surface area (Å²) < 4.78 is 50.5. The first kappa shape index (κ1) is 33.0. The van der Waals surface area contributed by atoms with Crippen LogP contribution in [0.1, 0.15) is 40.5 Å². The molecule has 3 heterocycles. The second-order valence-corrected chi connectivity index (χ2v) is 12.7. The fourth-order valence-corrected chi connectivity index (χ4v) is 7.24. The van der Waals surface area contributed by atoms with E-state index in [0.717, 1.165) is 17.7 Å². The van der Waals surface area contributed by atoms with Gasteiger partial charge in [0.25, 0.3) is 0 Å². The minimum Gasteiger partial charge on any atom is -0.467 e. The SMILES string of the molecule is CN(c1ccc(C(F)(F)F)cc1)C1SC(c2ccc(NC(=O)[C@@H]3CCCN3C(=O)OCc3ccccc3)cc2)C(=O)N1Cc1ccco1. The Kier molecular flexibility index (Phi) is 9.67. The summed E-state index contributed by atoms with van der Waals surface area (Å²) in [6.07, 6.45) is -2.30. The Morgan fingerprint density at radius 3 is 2.40 bits per heavy atom. The van der Waals surface area contributed by atoms with Crippen LogP contribution >= 0.6 is 11.8 Å². The Bertz CT molecular complexity index is 1720. The summed E-state index contributed by atoms with van der Waals surface area (Å²) >= 11 is 1.35. The van der Waals surface area contributed by atoms with Gasteiger partial charge in [0.2, 0.25) is 11.8 Å². The highest BCUT2D eigenvalue weighted by molar-refractivity contribution is 8.01. The maximum Gasteiger partial charge on any atom is 0.416 e. The monoisotopic (exact) mass is 678 g/mol. The minimum atomic E-state index is -4.46. The number of alkyl halides is 3. The molecule has 48 heavy (non-hydrogen) atoms. The number of likely N-dealkylation sites (tertiary alicyclic amines) is 1. The maximum absolute atomic E-state index is 13.8. The van der Waals surface area contributed by atoms with Crippen molar-refractivity contribution in [2.45, 2.75) is 49.0 Å². The lowest BCUT2D eigenvalue weighted by Crippen LogP contribution is -2.43. The van der Waals surface area contributed by atoms with Gasteiger partial charge in [-0.15, -0.1) is 0 Å². The van der Waals surface area contributed by atoms with Crippen LogP contribution in [0, 0.1) is 0 Å². The molecule has 2 aliphatic rings. The van der Waals surface area contributed by atoms with E-state index in [4.69, 9.17) is 9.15 Å². The molecule has 0 saturated carbocycles. The van der Waals surface area contributed by atoms with Gasteiger partial charge in [0, 0.05) is 25.0 Å². The predicted molar refractivity (Wildman–Crippen MR) is 175 cm³/mol. The lowest BCUT2D eigenvalue weighted by Gasteiger charge is -2.32. The van der Waals surface area contributed by atoms with Gasteiger partial charge in [0.15, 0.2) is 5.50 Å². The number of hydrogen-bond donors (Lipinski definition) is 1. The van der Waals surface area contributed by atoms with Gasteiger partial charge in [-0.25, -0.2) is 4.79 Å². The van der Waals surface area contributed by atoms with Crippen LogP contribution in [0.3, 0.4) is 0 Å². The number of hydrogen-bond acceptors (Lipinski definition) is 7. The van der Waals surface area contributed by atoms with Crippen LogP contribution in [0.4, 0.5) is 29.3 Å². The van der Waals surface area contributed by atoms with Gasteiger partial charge in [-0.2, -0.15) is 13.2 Å². The van der Waals surface area contributed by atoms with Crippen LogP contribution in [0.25, 0.3) is 0 Å². The number of nitrogens with zero attached hydrogens (tertiary/aromatic N) is 3. The van der Waals surface area contributed by atoms with Crippen molar-refractivity contribution in [3.8, 4) is 0 Å². The number of amides is 3. The molecule has 2 fully saturated rings. The average Bonchev–Trinajstić information content (AvgIpc) is 3.86. The number of benzene rings is 3. The first-order chi connectivity index (χ1) is 23.1. The maximum atomic E-state index is 13.8. The van der Waals surface area contributed by atoms with Gasteiger partial charge >= 0.3 is 12.3 Å². The van der Waals surface area contributed by atoms with Gasteiger partial charge in [0.05, 0.1) is 18.4 Å². The molecule has 0 bridgehead atoms. The van der Waals surface area contributed by atoms with Gasteiger partial charge < -0.3 is 24.3 Å². The number of anilines is 2. The summed E-state index contributed by atoms with van der Waals surface area (Å²) in [5.41, 5.74) is 1.28. The quantitative estimate of drug-likeness (QED) is 0.199. The first-order valence-corrected chi connectivity index (χ1v) is 16.3. The van der Waals surface area contributed by atoms with Crippen molar-refractivity contribution in [3.63, 3.8) is 0 Å². The van der Waals surface area contributed by atoms with E-state index in [2.05, 4.69) is 5.32 Å². The Balaban J connectivity index is 1.13. The third-order valence-corrected chi connectivity index (χ3v) is 9.91. The zero-order chi connectivity index (χ0) is 33.8. The zero-order valence-electron chi connectivity index (χ0n) is 25.9. The summed E-state index contributed by atoms with van der Waals surface area (Å²) in [5, 5.41) is 2.27. The molecular formula is C35H33F3N4O5S. The molecule has 250 valence electrons. The molecule has 1 N–H and O–H groups in total. The Morgan fingerprint density at radius 1 is 1.00 bits per heavy atom. The number of carbonyl (C=O) groups is 3. The number of halogens is 3. The van der Waals surface area contributed by atoms with Crippen molar-refractivity contribution in [3.05, 3.63) is 120 Å². The summed E-state index contributed by atoms with van der Waals surface area (Å²) in [6, 6.07) is 23.9. The van der Waals surface area contributed by atoms with E-state index in [0.29, 0.717) is 42.1 Å². The molecular weight excluding hydrogens is 645 g/mol. The second-order valence-electron chi connectivity index (χ2n) is 11.5. The molecule has 2 unspecified atom stereocenters. The van der Waals surface area contributed by atoms with Gasteiger partial charge in [-0.3, -0.25) is 14.5 Å². The largest absolute Gasteiger partial charge is 0.467 e. The number of ether oxygens (including phenoxy) is 1. The number of nitrogens with one attached hydrogen (secondary N) is 1. The molecule has 6 rings (SSSR count). The fourth-order valence-electron chi connectivity index (χ4n) is 5.80. The second kappa shape index (κ2) is 14.1. The van der Waals surface area contributed by atoms with Gasteiger partial charge in [-0.1, -0.05) is 54.2 Å². The van der Waals surface area contributed by atoms with E-state index >= 15 is 0 Å². The fraction of sp³-hybridized carbons (Fsp3) is 0.286. The van der Waals surface area contributed by atoms with Crippen LogP contribution in [-0.4, -0.2) is 52.8 Å². The van der Waals surface area contributed by atoms with Crippen LogP contribution in [-0.2, 0) is 33.7 Å². The van der Waals surface area contributed by atoms with Gasteiger partial charge in [0.1, 0.15) is 23.7 Å². The van der Waals surface area contributed by atoms with Gasteiger partial charge in [-0.05, 0) is 72.5 Å². The number of thioether (sulfide) groups is 1. The summed E-state index contributed by atoms with van der Waals surface area (Å²) in [6.45, 7) is 0.705. The zero-order valence-corrected chi connectivity index (χ0v) is 26.7. The molecule has 2 aliphatic heterocycles. The molecule has 0 aliphatic carbocycles. The Hall–Kier alpha value is -4.91. The number of rotatable bonds is 9. The van der Waals surface area contributed by atoms with E-state index in [9.17, 15) is 27.6 Å². The van der Waals surface area contributed by atoms with Crippen molar-refractivity contribution >= 4 is 41.0 Å². The van der Waals surface area contributed by atoms with Crippen LogP contribution < -0.4 is 10.2 Å². The summed E-state index contributed by atoms with van der Waals surface area (Å²) in [4.78, 5) is 44.7. The van der Waals surface area contributed by atoms with E-state index in [-0.39, 0.29) is 25.0 Å². The standard InChI is InChI=1S/C35H33F3N4O5S/c1-40(27-17-13-25(14-18-27)35(36,37)38)33-42(21-28-9-6-20-46-28)32(44)30(48-33)24-11-15-26(16-12-24)39-31(43)29-10-5-19-41(29)34(45)47-22-23-7-3-2-4-8-23/h2-4,6-9,11-18,20,29-30,33H,5,10,19,21-22H2,1H3,(H,39,43)/t29-,30?,33?/m0/s1.